The Morgan fingerprint density at radius 3 is 2.33 bits per heavy atom. The van der Waals surface area contributed by atoms with E-state index in [1.807, 2.05) is 73.7 Å². The van der Waals surface area contributed by atoms with Gasteiger partial charge in [0.05, 0.1) is 18.9 Å². The summed E-state index contributed by atoms with van der Waals surface area (Å²) in [6, 6.07) is 24.7. The van der Waals surface area contributed by atoms with Crippen molar-refractivity contribution in [3.8, 4) is 5.75 Å². The maximum Gasteiger partial charge on any atom is 0.375 e. The predicted molar refractivity (Wildman–Crippen MR) is 167 cm³/mol. The molecule has 3 N–H and O–H groups in total. The van der Waals surface area contributed by atoms with Gasteiger partial charge in [-0.2, -0.15) is 4.98 Å². The van der Waals surface area contributed by atoms with Crippen LogP contribution in [0.5, 0.6) is 5.75 Å². The lowest BCUT2D eigenvalue weighted by Crippen LogP contribution is -2.45. The SMILES string of the molecule is Cc1ccc(OCc2ccccc2)c(NC(=O)c2nc(C(=O)O)nn2CC(=O)N[C@H]2CCCC[C@@H]2COCc2ccccc2)c1. The summed E-state index contributed by atoms with van der Waals surface area (Å²) in [6.07, 6.45) is 3.75. The van der Waals surface area contributed by atoms with Crippen LogP contribution in [0.1, 0.15) is 63.6 Å². The number of nitrogens with one attached hydrogen (secondary N) is 2. The highest BCUT2D eigenvalue weighted by atomic mass is 16.5. The Kier molecular flexibility index (Phi) is 10.5. The van der Waals surface area contributed by atoms with Gasteiger partial charge in [0, 0.05) is 12.0 Å². The van der Waals surface area contributed by atoms with Crippen molar-refractivity contribution < 1.29 is 29.0 Å². The number of benzene rings is 3. The average molecular weight is 612 g/mol. The number of rotatable bonds is 13. The fourth-order valence-corrected chi connectivity index (χ4v) is 5.38. The summed E-state index contributed by atoms with van der Waals surface area (Å²) < 4.78 is 13.0. The summed E-state index contributed by atoms with van der Waals surface area (Å²) in [4.78, 5) is 42.3. The third-order valence-electron chi connectivity index (χ3n) is 7.68. The van der Waals surface area contributed by atoms with Crippen LogP contribution in [-0.2, 0) is 29.3 Å². The van der Waals surface area contributed by atoms with Crippen molar-refractivity contribution in [1.82, 2.24) is 20.1 Å². The summed E-state index contributed by atoms with van der Waals surface area (Å²) in [5, 5.41) is 19.3. The zero-order valence-electron chi connectivity index (χ0n) is 25.1. The molecule has 234 valence electrons. The van der Waals surface area contributed by atoms with Crippen LogP contribution in [0.2, 0.25) is 0 Å². The lowest BCUT2D eigenvalue weighted by Gasteiger charge is -2.32. The fraction of sp³-hybridized carbons (Fsp3) is 0.324. The summed E-state index contributed by atoms with van der Waals surface area (Å²) in [5.41, 5.74) is 3.29. The molecule has 45 heavy (non-hydrogen) atoms. The van der Waals surface area contributed by atoms with Gasteiger partial charge in [0.1, 0.15) is 18.9 Å². The zero-order chi connectivity index (χ0) is 31.6. The van der Waals surface area contributed by atoms with Crippen LogP contribution in [0.4, 0.5) is 5.69 Å². The zero-order valence-corrected chi connectivity index (χ0v) is 25.1. The van der Waals surface area contributed by atoms with Crippen molar-refractivity contribution in [3.63, 3.8) is 0 Å². The number of ether oxygens (including phenoxy) is 2. The maximum atomic E-state index is 13.4. The van der Waals surface area contributed by atoms with E-state index in [0.717, 1.165) is 47.1 Å². The van der Waals surface area contributed by atoms with Gasteiger partial charge in [0.25, 0.3) is 11.7 Å². The van der Waals surface area contributed by atoms with Gasteiger partial charge >= 0.3 is 5.97 Å². The van der Waals surface area contributed by atoms with E-state index in [1.165, 1.54) is 0 Å². The van der Waals surface area contributed by atoms with E-state index in [4.69, 9.17) is 9.47 Å². The van der Waals surface area contributed by atoms with Gasteiger partial charge in [-0.05, 0) is 48.6 Å². The van der Waals surface area contributed by atoms with Gasteiger partial charge in [-0.25, -0.2) is 9.48 Å². The Labute approximate surface area is 261 Å². The second-order valence-corrected chi connectivity index (χ2v) is 11.2. The van der Waals surface area contributed by atoms with Gasteiger partial charge < -0.3 is 25.2 Å². The minimum absolute atomic E-state index is 0.113. The van der Waals surface area contributed by atoms with Crippen LogP contribution in [0.3, 0.4) is 0 Å². The molecule has 1 aliphatic rings. The van der Waals surface area contributed by atoms with Gasteiger partial charge in [-0.15, -0.1) is 5.10 Å². The normalized spacial score (nSPS) is 16.1. The van der Waals surface area contributed by atoms with Gasteiger partial charge in [0.15, 0.2) is 0 Å². The van der Waals surface area contributed by atoms with Crippen LogP contribution >= 0.6 is 0 Å². The lowest BCUT2D eigenvalue weighted by atomic mass is 9.85. The van der Waals surface area contributed by atoms with Gasteiger partial charge in [-0.1, -0.05) is 79.6 Å². The van der Waals surface area contributed by atoms with Crippen molar-refractivity contribution in [3.05, 3.63) is 107 Å². The van der Waals surface area contributed by atoms with E-state index in [0.29, 0.717) is 24.7 Å². The van der Waals surface area contributed by atoms with E-state index in [2.05, 4.69) is 20.7 Å². The molecule has 5 rings (SSSR count). The molecular weight excluding hydrogens is 574 g/mol. The number of nitrogens with zero attached hydrogens (tertiary/aromatic N) is 3. The smallest absolute Gasteiger partial charge is 0.375 e. The number of anilines is 1. The monoisotopic (exact) mass is 611 g/mol. The Hall–Kier alpha value is -5.03. The predicted octanol–water partition coefficient (Wildman–Crippen LogP) is 5.01. The highest BCUT2D eigenvalue weighted by Gasteiger charge is 2.28. The van der Waals surface area contributed by atoms with Crippen molar-refractivity contribution in [2.45, 2.75) is 58.4 Å². The molecule has 2 amide bonds. The average Bonchev–Trinajstić information content (AvgIpc) is 3.47. The summed E-state index contributed by atoms with van der Waals surface area (Å²) in [6.45, 7) is 2.78. The lowest BCUT2D eigenvalue weighted by molar-refractivity contribution is -0.123. The highest BCUT2D eigenvalue weighted by molar-refractivity contribution is 6.03. The minimum atomic E-state index is -1.41. The first-order valence-electron chi connectivity index (χ1n) is 15.0. The minimum Gasteiger partial charge on any atom is -0.487 e. The van der Waals surface area contributed by atoms with Gasteiger partial charge in [0.2, 0.25) is 11.7 Å². The molecule has 1 heterocycles. The van der Waals surface area contributed by atoms with Crippen LogP contribution in [0, 0.1) is 12.8 Å². The molecule has 0 unspecified atom stereocenters. The third kappa shape index (κ3) is 8.76. The largest absolute Gasteiger partial charge is 0.487 e. The number of carboxylic acids is 1. The molecule has 3 aromatic carbocycles. The number of carbonyl (C=O) groups excluding carboxylic acids is 2. The van der Waals surface area contributed by atoms with E-state index < -0.39 is 23.6 Å². The first kappa shape index (κ1) is 31.4. The third-order valence-corrected chi connectivity index (χ3v) is 7.68. The molecule has 1 aromatic heterocycles. The Balaban J connectivity index is 1.25. The number of aromatic nitrogens is 3. The quantitative estimate of drug-likeness (QED) is 0.191. The summed E-state index contributed by atoms with van der Waals surface area (Å²) >= 11 is 0. The van der Waals surface area contributed by atoms with Gasteiger partial charge in [-0.3, -0.25) is 9.59 Å². The number of hydrogen-bond acceptors (Lipinski definition) is 7. The van der Waals surface area contributed by atoms with Crippen LogP contribution in [-0.4, -0.2) is 50.3 Å². The number of aromatic carboxylic acids is 1. The van der Waals surface area contributed by atoms with Crippen LogP contribution < -0.4 is 15.4 Å². The van der Waals surface area contributed by atoms with Crippen molar-refractivity contribution in [1.29, 1.82) is 0 Å². The molecule has 4 aromatic rings. The molecule has 2 atom stereocenters. The molecular formula is C34H37N5O6. The molecule has 11 heteroatoms. The molecule has 1 aliphatic carbocycles. The Bertz CT molecular complexity index is 1610. The summed E-state index contributed by atoms with van der Waals surface area (Å²) in [7, 11) is 0. The van der Waals surface area contributed by atoms with E-state index in [-0.39, 0.29) is 30.9 Å². The Morgan fingerprint density at radius 2 is 1.62 bits per heavy atom. The molecule has 11 nitrogen and oxygen atoms in total. The van der Waals surface area contributed by atoms with Crippen molar-refractivity contribution >= 4 is 23.5 Å². The number of carbonyl (C=O) groups is 3. The maximum absolute atomic E-state index is 13.4. The van der Waals surface area contributed by atoms with E-state index in [1.54, 1.807) is 12.1 Å². The molecule has 0 radical (unpaired) electrons. The molecule has 0 spiro atoms. The standard InChI is InChI=1S/C34H37N5O6/c1-23-16-17-29(45-21-25-12-6-3-7-13-25)28(18-23)36-33(41)32-37-31(34(42)43)38-39(32)19-30(40)35-27-15-9-8-14-26(27)22-44-20-24-10-4-2-5-11-24/h2-7,10-13,16-18,26-27H,8-9,14-15,19-22H2,1H3,(H,35,40)(H,36,41)(H,42,43)/t26-,27+/m1/s1. The first-order chi connectivity index (χ1) is 21.9. The van der Waals surface area contributed by atoms with E-state index >= 15 is 0 Å². The Morgan fingerprint density at radius 1 is 0.933 bits per heavy atom. The molecule has 0 bridgehead atoms. The van der Waals surface area contributed by atoms with E-state index in [9.17, 15) is 19.5 Å². The molecule has 0 aliphatic heterocycles. The summed E-state index contributed by atoms with van der Waals surface area (Å²) in [5.74, 6) is -2.84. The number of aryl methyl sites for hydroxylation is 1. The first-order valence-corrected chi connectivity index (χ1v) is 15.0. The van der Waals surface area contributed by atoms with Crippen LogP contribution in [0.25, 0.3) is 0 Å². The second-order valence-electron chi connectivity index (χ2n) is 11.2. The fourth-order valence-electron chi connectivity index (χ4n) is 5.38. The number of carboxylic acid groups (broad SMARTS) is 1. The molecule has 1 saturated carbocycles. The second kappa shape index (κ2) is 15.1. The molecule has 0 saturated heterocycles. The topological polar surface area (TPSA) is 145 Å². The van der Waals surface area contributed by atoms with Crippen LogP contribution in [0.15, 0.2) is 78.9 Å². The highest BCUT2D eigenvalue weighted by Crippen LogP contribution is 2.28. The number of hydrogen-bond donors (Lipinski definition) is 3. The number of amides is 2. The van der Waals surface area contributed by atoms with Crippen molar-refractivity contribution in [2.75, 3.05) is 11.9 Å². The van der Waals surface area contributed by atoms with Crippen molar-refractivity contribution in [2.24, 2.45) is 5.92 Å². The molecule has 1 fully saturated rings.